The molecule has 1 aromatic heterocycles. The number of phenolic OH excluding ortho intramolecular Hbond substituents is 2. The molecule has 10 nitrogen and oxygen atoms in total. The molecule has 2 aromatic carbocycles. The summed E-state index contributed by atoms with van der Waals surface area (Å²) in [5.41, 5.74) is -0.0935. The average Bonchev–Trinajstić information content (AvgIpc) is 2.79. The number of benzene rings is 2. The van der Waals surface area contributed by atoms with Crippen molar-refractivity contribution in [3.63, 3.8) is 0 Å². The number of aliphatic hydroxyl groups excluding tert-OH is 4. The van der Waals surface area contributed by atoms with Gasteiger partial charge in [0, 0.05) is 0 Å². The van der Waals surface area contributed by atoms with Gasteiger partial charge in [0.05, 0.1) is 30.2 Å². The largest absolute Gasteiger partial charge is 0.507 e. The first-order valence-corrected chi connectivity index (χ1v) is 9.73. The van der Waals surface area contributed by atoms with E-state index in [1.165, 1.54) is 37.4 Å². The van der Waals surface area contributed by atoms with E-state index in [2.05, 4.69) is 0 Å². The predicted octanol–water partition coefficient (Wildman–Crippen LogP) is 0.395. The van der Waals surface area contributed by atoms with Crippen molar-refractivity contribution in [2.24, 2.45) is 0 Å². The summed E-state index contributed by atoms with van der Waals surface area (Å²) >= 11 is 0. The number of ether oxygens (including phenoxy) is 2. The van der Waals surface area contributed by atoms with E-state index >= 15 is 0 Å². The highest BCUT2D eigenvalue weighted by Crippen LogP contribution is 2.40. The minimum atomic E-state index is -1.67. The number of fused-ring (bicyclic) bond motifs is 1. The lowest BCUT2D eigenvalue weighted by molar-refractivity contribution is -0.231. The van der Waals surface area contributed by atoms with E-state index in [9.17, 15) is 35.4 Å². The maximum absolute atomic E-state index is 13.2. The summed E-state index contributed by atoms with van der Waals surface area (Å²) in [5, 5.41) is 60.3. The van der Waals surface area contributed by atoms with Crippen LogP contribution in [0.2, 0.25) is 0 Å². The standard InChI is InChI=1S/C22H22O10/c1-30-14-6-9(2-4-12(14)24)11-8-31-21-10(17(11)26)3-5-13(25)16(21)22-20(29)19(28)18(27)15(7-23)32-22/h2-6,8,15,18-20,22-25,27-29H,7H2,1H3. The van der Waals surface area contributed by atoms with Gasteiger partial charge in [-0.3, -0.25) is 4.79 Å². The molecule has 0 aliphatic carbocycles. The maximum Gasteiger partial charge on any atom is 0.200 e. The molecule has 0 radical (unpaired) electrons. The van der Waals surface area contributed by atoms with Gasteiger partial charge in [-0.25, -0.2) is 0 Å². The van der Waals surface area contributed by atoms with Gasteiger partial charge in [-0.1, -0.05) is 6.07 Å². The fourth-order valence-corrected chi connectivity index (χ4v) is 3.87. The van der Waals surface area contributed by atoms with Crippen LogP contribution in [0, 0.1) is 0 Å². The number of hydrogen-bond donors (Lipinski definition) is 6. The first-order chi connectivity index (χ1) is 15.3. The van der Waals surface area contributed by atoms with Gasteiger partial charge in [0.25, 0.3) is 0 Å². The summed E-state index contributed by atoms with van der Waals surface area (Å²) in [6, 6.07) is 6.90. The van der Waals surface area contributed by atoms with E-state index in [0.29, 0.717) is 5.56 Å². The molecule has 0 saturated carbocycles. The molecule has 1 aliphatic rings. The molecule has 3 aromatic rings. The topological polar surface area (TPSA) is 170 Å². The van der Waals surface area contributed by atoms with E-state index in [1.54, 1.807) is 0 Å². The molecule has 1 aliphatic heterocycles. The summed E-state index contributed by atoms with van der Waals surface area (Å²) in [6.07, 6.45) is -6.36. The molecule has 6 N–H and O–H groups in total. The Hall–Kier alpha value is -3.15. The molecule has 1 saturated heterocycles. The van der Waals surface area contributed by atoms with Crippen LogP contribution in [-0.4, -0.2) is 68.8 Å². The lowest BCUT2D eigenvalue weighted by Crippen LogP contribution is -2.55. The monoisotopic (exact) mass is 446 g/mol. The number of aromatic hydroxyl groups is 2. The van der Waals surface area contributed by atoms with Crippen LogP contribution in [0.25, 0.3) is 22.1 Å². The van der Waals surface area contributed by atoms with Crippen LogP contribution >= 0.6 is 0 Å². The van der Waals surface area contributed by atoms with Crippen LogP contribution in [0.5, 0.6) is 17.2 Å². The van der Waals surface area contributed by atoms with Crippen molar-refractivity contribution < 1.29 is 44.5 Å². The van der Waals surface area contributed by atoms with Gasteiger partial charge in [-0.2, -0.15) is 0 Å². The Morgan fingerprint density at radius 3 is 2.41 bits per heavy atom. The van der Waals surface area contributed by atoms with E-state index in [-0.39, 0.29) is 39.3 Å². The summed E-state index contributed by atoms with van der Waals surface area (Å²) in [7, 11) is 1.37. The first kappa shape index (κ1) is 22.1. The van der Waals surface area contributed by atoms with Crippen molar-refractivity contribution in [2.45, 2.75) is 30.5 Å². The third-order valence-corrected chi connectivity index (χ3v) is 5.62. The molecule has 5 atom stereocenters. The van der Waals surface area contributed by atoms with Crippen LogP contribution in [0.15, 0.2) is 45.8 Å². The molecule has 5 unspecified atom stereocenters. The molecule has 4 rings (SSSR count). The summed E-state index contributed by atoms with van der Waals surface area (Å²) in [6.45, 7) is -0.649. The fourth-order valence-electron chi connectivity index (χ4n) is 3.87. The second kappa shape index (κ2) is 8.41. The SMILES string of the molecule is COc1cc(-c2coc3c(C4OC(CO)C(O)C(O)C4O)c(O)ccc3c2=O)ccc1O. The fraction of sp³-hybridized carbons (Fsp3) is 0.318. The Balaban J connectivity index is 1.87. The average molecular weight is 446 g/mol. The van der Waals surface area contributed by atoms with Gasteiger partial charge in [0.1, 0.15) is 48.1 Å². The molecule has 0 bridgehead atoms. The van der Waals surface area contributed by atoms with Crippen molar-refractivity contribution in [1.82, 2.24) is 0 Å². The van der Waals surface area contributed by atoms with Crippen LogP contribution in [0.4, 0.5) is 0 Å². The van der Waals surface area contributed by atoms with Crippen LogP contribution in [0.3, 0.4) is 0 Å². The van der Waals surface area contributed by atoms with Gasteiger partial charge in [0.2, 0.25) is 5.43 Å². The quantitative estimate of drug-likeness (QED) is 0.330. The number of hydrogen-bond acceptors (Lipinski definition) is 10. The Bertz CT molecular complexity index is 1200. The van der Waals surface area contributed by atoms with Crippen molar-refractivity contribution in [3.8, 4) is 28.4 Å². The third-order valence-electron chi connectivity index (χ3n) is 5.62. The van der Waals surface area contributed by atoms with Gasteiger partial charge in [0.15, 0.2) is 11.5 Å². The van der Waals surface area contributed by atoms with E-state index in [4.69, 9.17) is 13.9 Å². The Kier molecular flexibility index (Phi) is 5.80. The summed E-state index contributed by atoms with van der Waals surface area (Å²) < 4.78 is 16.3. The van der Waals surface area contributed by atoms with Crippen LogP contribution in [0.1, 0.15) is 11.7 Å². The van der Waals surface area contributed by atoms with Crippen LogP contribution < -0.4 is 10.2 Å². The van der Waals surface area contributed by atoms with Gasteiger partial charge >= 0.3 is 0 Å². The van der Waals surface area contributed by atoms with Crippen molar-refractivity contribution in [1.29, 1.82) is 0 Å². The summed E-state index contributed by atoms with van der Waals surface area (Å²) in [4.78, 5) is 13.2. The molecule has 2 heterocycles. The van der Waals surface area contributed by atoms with Crippen LogP contribution in [-0.2, 0) is 4.74 Å². The van der Waals surface area contributed by atoms with Crippen molar-refractivity contribution >= 4 is 11.0 Å². The zero-order chi connectivity index (χ0) is 23.2. The predicted molar refractivity (Wildman–Crippen MR) is 111 cm³/mol. The zero-order valence-corrected chi connectivity index (χ0v) is 16.9. The van der Waals surface area contributed by atoms with Gasteiger partial charge in [-0.15, -0.1) is 0 Å². The lowest BCUT2D eigenvalue weighted by Gasteiger charge is -2.40. The number of rotatable bonds is 4. The van der Waals surface area contributed by atoms with E-state index in [0.717, 1.165) is 6.26 Å². The third kappa shape index (κ3) is 3.48. The molecule has 1 fully saturated rings. The minimum absolute atomic E-state index is 0.0549. The first-order valence-electron chi connectivity index (χ1n) is 9.73. The second-order valence-corrected chi connectivity index (χ2v) is 7.49. The second-order valence-electron chi connectivity index (χ2n) is 7.49. The summed E-state index contributed by atoms with van der Waals surface area (Å²) in [5.74, 6) is -0.310. The van der Waals surface area contributed by atoms with Gasteiger partial charge in [-0.05, 0) is 29.8 Å². The van der Waals surface area contributed by atoms with E-state index in [1.807, 2.05) is 0 Å². The molecule has 10 heteroatoms. The Morgan fingerprint density at radius 2 is 1.72 bits per heavy atom. The maximum atomic E-state index is 13.2. The van der Waals surface area contributed by atoms with Crippen molar-refractivity contribution in [3.05, 3.63) is 52.4 Å². The molecule has 170 valence electrons. The minimum Gasteiger partial charge on any atom is -0.507 e. The molecular weight excluding hydrogens is 424 g/mol. The number of phenols is 2. The number of methoxy groups -OCH3 is 1. The Labute approximate surface area is 181 Å². The Morgan fingerprint density at radius 1 is 1.00 bits per heavy atom. The highest BCUT2D eigenvalue weighted by atomic mass is 16.5. The van der Waals surface area contributed by atoms with E-state index < -0.39 is 42.6 Å². The highest BCUT2D eigenvalue weighted by molar-refractivity contribution is 5.86. The molecule has 32 heavy (non-hydrogen) atoms. The molecule has 0 amide bonds. The zero-order valence-electron chi connectivity index (χ0n) is 16.9. The highest BCUT2D eigenvalue weighted by Gasteiger charge is 2.45. The van der Waals surface area contributed by atoms with Gasteiger partial charge < -0.3 is 44.5 Å². The number of aliphatic hydroxyl groups is 4. The lowest BCUT2D eigenvalue weighted by atomic mass is 9.89. The van der Waals surface area contributed by atoms with Crippen molar-refractivity contribution in [2.75, 3.05) is 13.7 Å². The normalized spacial score (nSPS) is 25.7. The smallest absolute Gasteiger partial charge is 0.200 e. The molecular formula is C22H22O10. The molecule has 0 spiro atoms.